The first kappa shape index (κ1) is 16.7. The highest BCUT2D eigenvalue weighted by atomic mass is 35.5. The van der Waals surface area contributed by atoms with Crippen LogP contribution in [-0.2, 0) is 19.4 Å². The third-order valence-electron chi connectivity index (χ3n) is 3.97. The minimum absolute atomic E-state index is 0. The molecule has 4 heteroatoms. The van der Waals surface area contributed by atoms with Gasteiger partial charge in [0.25, 0.3) is 0 Å². The monoisotopic (exact) mass is 319 g/mol. The summed E-state index contributed by atoms with van der Waals surface area (Å²) in [6.07, 6.45) is 2.18. The number of hydrogen-bond acceptors (Lipinski definition) is 3. The Labute approximate surface area is 137 Å². The number of benzene rings is 2. The molecule has 0 bridgehead atoms. The summed E-state index contributed by atoms with van der Waals surface area (Å²) in [4.78, 5) is 0. The van der Waals surface area contributed by atoms with Gasteiger partial charge in [0.05, 0.1) is 6.61 Å². The van der Waals surface area contributed by atoms with E-state index in [1.54, 1.807) is 6.07 Å². The highest BCUT2D eigenvalue weighted by Crippen LogP contribution is 2.27. The van der Waals surface area contributed by atoms with Crippen molar-refractivity contribution in [1.82, 2.24) is 5.32 Å². The summed E-state index contributed by atoms with van der Waals surface area (Å²) in [6.45, 7) is 3.27. The van der Waals surface area contributed by atoms with E-state index in [1.807, 2.05) is 19.1 Å². The second kappa shape index (κ2) is 7.52. The van der Waals surface area contributed by atoms with E-state index in [0.717, 1.165) is 24.9 Å². The maximum absolute atomic E-state index is 9.72. The predicted octanol–water partition coefficient (Wildman–Crippen LogP) is 3.47. The number of phenolic OH excluding ortho intramolecular Hbond substituents is 1. The van der Waals surface area contributed by atoms with Crippen molar-refractivity contribution >= 4 is 12.4 Å². The van der Waals surface area contributed by atoms with Gasteiger partial charge < -0.3 is 15.2 Å². The Balaban J connectivity index is 0.00000176. The van der Waals surface area contributed by atoms with Crippen LogP contribution >= 0.6 is 12.4 Å². The summed E-state index contributed by atoms with van der Waals surface area (Å²) in [5.41, 5.74) is 4.04. The first-order chi connectivity index (χ1) is 10.3. The first-order valence-electron chi connectivity index (χ1n) is 7.51. The van der Waals surface area contributed by atoms with Crippen LogP contribution in [0.5, 0.6) is 11.5 Å². The molecule has 0 aliphatic heterocycles. The van der Waals surface area contributed by atoms with Crippen LogP contribution in [0.2, 0.25) is 0 Å². The van der Waals surface area contributed by atoms with E-state index in [0.29, 0.717) is 18.4 Å². The number of halogens is 1. The third kappa shape index (κ3) is 3.73. The first-order valence-corrected chi connectivity index (χ1v) is 7.51. The van der Waals surface area contributed by atoms with E-state index in [4.69, 9.17) is 4.74 Å². The van der Waals surface area contributed by atoms with Gasteiger partial charge in [0.15, 0.2) is 11.5 Å². The molecule has 0 atom stereocenters. The molecule has 2 aromatic rings. The standard InChI is InChI=1S/C18H21NO2.ClH/c1-2-21-18-9-13(7-8-17(18)20)12-19-16-10-14-5-3-4-6-15(14)11-16;/h3-9,16,19-20H,2,10-12H2,1H3;1H. The van der Waals surface area contributed by atoms with Crippen LogP contribution in [0, 0.1) is 0 Å². The number of rotatable bonds is 5. The van der Waals surface area contributed by atoms with Crippen molar-refractivity contribution in [3.05, 3.63) is 59.2 Å². The molecule has 0 heterocycles. The molecule has 3 rings (SSSR count). The molecule has 0 spiro atoms. The SMILES string of the molecule is CCOc1cc(CNC2Cc3ccccc3C2)ccc1O.Cl. The zero-order valence-electron chi connectivity index (χ0n) is 12.7. The average Bonchev–Trinajstić information content (AvgIpc) is 2.91. The lowest BCUT2D eigenvalue weighted by Gasteiger charge is -2.13. The van der Waals surface area contributed by atoms with Gasteiger partial charge in [-0.3, -0.25) is 0 Å². The zero-order chi connectivity index (χ0) is 14.7. The van der Waals surface area contributed by atoms with E-state index in [1.165, 1.54) is 11.1 Å². The van der Waals surface area contributed by atoms with E-state index in [2.05, 4.69) is 29.6 Å². The van der Waals surface area contributed by atoms with E-state index >= 15 is 0 Å². The van der Waals surface area contributed by atoms with Crippen molar-refractivity contribution in [1.29, 1.82) is 0 Å². The van der Waals surface area contributed by atoms with Gasteiger partial charge in [0.1, 0.15) is 0 Å². The van der Waals surface area contributed by atoms with Crippen LogP contribution < -0.4 is 10.1 Å². The maximum Gasteiger partial charge on any atom is 0.161 e. The minimum Gasteiger partial charge on any atom is -0.504 e. The zero-order valence-corrected chi connectivity index (χ0v) is 13.5. The van der Waals surface area contributed by atoms with Crippen LogP contribution in [0.15, 0.2) is 42.5 Å². The summed E-state index contributed by atoms with van der Waals surface area (Å²) in [6, 6.07) is 14.7. The molecule has 118 valence electrons. The van der Waals surface area contributed by atoms with Crippen LogP contribution in [0.1, 0.15) is 23.6 Å². The number of hydrogen-bond donors (Lipinski definition) is 2. The molecule has 0 saturated carbocycles. The fourth-order valence-electron chi connectivity index (χ4n) is 2.90. The minimum atomic E-state index is 0. The Kier molecular flexibility index (Phi) is 5.69. The number of ether oxygens (including phenoxy) is 1. The van der Waals surface area contributed by atoms with Gasteiger partial charge in [-0.05, 0) is 48.6 Å². The lowest BCUT2D eigenvalue weighted by Crippen LogP contribution is -2.28. The van der Waals surface area contributed by atoms with Crippen LogP contribution in [0.3, 0.4) is 0 Å². The number of aromatic hydroxyl groups is 1. The van der Waals surface area contributed by atoms with Gasteiger partial charge >= 0.3 is 0 Å². The molecule has 1 aliphatic rings. The van der Waals surface area contributed by atoms with E-state index < -0.39 is 0 Å². The summed E-state index contributed by atoms with van der Waals surface area (Å²) in [5.74, 6) is 0.764. The van der Waals surface area contributed by atoms with Crippen molar-refractivity contribution in [2.45, 2.75) is 32.4 Å². The number of phenols is 1. The molecule has 0 aromatic heterocycles. The summed E-state index contributed by atoms with van der Waals surface area (Å²) in [7, 11) is 0. The lowest BCUT2D eigenvalue weighted by atomic mass is 10.1. The summed E-state index contributed by atoms with van der Waals surface area (Å²) in [5, 5.41) is 13.3. The average molecular weight is 320 g/mol. The molecule has 0 unspecified atom stereocenters. The highest BCUT2D eigenvalue weighted by Gasteiger charge is 2.20. The van der Waals surface area contributed by atoms with Gasteiger partial charge in [-0.25, -0.2) is 0 Å². The molecule has 22 heavy (non-hydrogen) atoms. The van der Waals surface area contributed by atoms with Crippen molar-refractivity contribution in [2.75, 3.05) is 6.61 Å². The van der Waals surface area contributed by atoms with Gasteiger partial charge in [0.2, 0.25) is 0 Å². The molecule has 0 amide bonds. The van der Waals surface area contributed by atoms with E-state index in [9.17, 15) is 5.11 Å². The molecule has 0 saturated heterocycles. The fourth-order valence-corrected chi connectivity index (χ4v) is 2.90. The molecular weight excluding hydrogens is 298 g/mol. The molecule has 1 aliphatic carbocycles. The van der Waals surface area contributed by atoms with Gasteiger partial charge in [-0.15, -0.1) is 12.4 Å². The second-order valence-corrected chi connectivity index (χ2v) is 5.49. The summed E-state index contributed by atoms with van der Waals surface area (Å²) < 4.78 is 5.42. The van der Waals surface area contributed by atoms with Crippen LogP contribution in [0.25, 0.3) is 0 Å². The molecule has 2 N–H and O–H groups in total. The van der Waals surface area contributed by atoms with Crippen molar-refractivity contribution < 1.29 is 9.84 Å². The van der Waals surface area contributed by atoms with Gasteiger partial charge in [0, 0.05) is 12.6 Å². The Morgan fingerprint density at radius 2 is 1.82 bits per heavy atom. The topological polar surface area (TPSA) is 41.5 Å². The van der Waals surface area contributed by atoms with Crippen molar-refractivity contribution in [3.63, 3.8) is 0 Å². The Morgan fingerprint density at radius 1 is 1.14 bits per heavy atom. The highest BCUT2D eigenvalue weighted by molar-refractivity contribution is 5.85. The maximum atomic E-state index is 9.72. The predicted molar refractivity (Wildman–Crippen MR) is 91.0 cm³/mol. The van der Waals surface area contributed by atoms with E-state index in [-0.39, 0.29) is 18.2 Å². The number of nitrogens with one attached hydrogen (secondary N) is 1. The van der Waals surface area contributed by atoms with Crippen molar-refractivity contribution in [3.8, 4) is 11.5 Å². The normalized spacial score (nSPS) is 13.5. The lowest BCUT2D eigenvalue weighted by molar-refractivity contribution is 0.317. The van der Waals surface area contributed by atoms with Gasteiger partial charge in [-0.2, -0.15) is 0 Å². The van der Waals surface area contributed by atoms with Crippen LogP contribution in [0.4, 0.5) is 0 Å². The molecule has 2 aromatic carbocycles. The molecular formula is C18H22ClNO2. The number of fused-ring (bicyclic) bond motifs is 1. The Morgan fingerprint density at radius 3 is 2.45 bits per heavy atom. The quantitative estimate of drug-likeness (QED) is 0.886. The molecule has 0 fully saturated rings. The molecule has 0 radical (unpaired) electrons. The molecule has 3 nitrogen and oxygen atoms in total. The second-order valence-electron chi connectivity index (χ2n) is 5.49. The largest absolute Gasteiger partial charge is 0.504 e. The Hall–Kier alpha value is -1.71. The van der Waals surface area contributed by atoms with Crippen molar-refractivity contribution in [2.24, 2.45) is 0 Å². The Bertz CT molecular complexity index is 605. The van der Waals surface area contributed by atoms with Crippen LogP contribution in [-0.4, -0.2) is 17.8 Å². The third-order valence-corrected chi connectivity index (χ3v) is 3.97. The van der Waals surface area contributed by atoms with Gasteiger partial charge in [-0.1, -0.05) is 30.3 Å². The smallest absolute Gasteiger partial charge is 0.161 e. The fraction of sp³-hybridized carbons (Fsp3) is 0.333. The summed E-state index contributed by atoms with van der Waals surface area (Å²) >= 11 is 0.